The average molecular weight is 339 g/mol. The molecule has 0 saturated carbocycles. The Labute approximate surface area is 141 Å². The summed E-state index contributed by atoms with van der Waals surface area (Å²) in [7, 11) is 1.86. The summed E-state index contributed by atoms with van der Waals surface area (Å²) in [6.45, 7) is 4.42. The van der Waals surface area contributed by atoms with Crippen molar-refractivity contribution in [1.29, 1.82) is 0 Å². The molecule has 0 radical (unpaired) electrons. The number of hydrogen-bond acceptors (Lipinski definition) is 5. The number of hydrogen-bond donors (Lipinski definition) is 2. The van der Waals surface area contributed by atoms with Crippen LogP contribution in [0.5, 0.6) is 0 Å². The number of thiazole rings is 1. The molecular formula is C16H23ClN4S. The van der Waals surface area contributed by atoms with E-state index in [0.717, 1.165) is 47.9 Å². The first kappa shape index (κ1) is 17.0. The number of nitrogens with one attached hydrogen (secondary N) is 2. The van der Waals surface area contributed by atoms with Gasteiger partial charge in [-0.3, -0.25) is 0 Å². The van der Waals surface area contributed by atoms with Crippen molar-refractivity contribution in [2.45, 2.75) is 45.6 Å². The normalized spacial score (nSPS) is 11.0. The Bertz CT molecular complexity index is 594. The SMILES string of the molecule is CCCC(CCC)Nc1cc(-c2csc(NC)n2)c(Cl)cn1. The molecule has 0 atom stereocenters. The van der Waals surface area contributed by atoms with Gasteiger partial charge in [-0.05, 0) is 18.9 Å². The summed E-state index contributed by atoms with van der Waals surface area (Å²) < 4.78 is 0. The predicted molar refractivity (Wildman–Crippen MR) is 97.1 cm³/mol. The molecule has 0 fully saturated rings. The van der Waals surface area contributed by atoms with E-state index in [9.17, 15) is 0 Å². The summed E-state index contributed by atoms with van der Waals surface area (Å²) in [5, 5.41) is 10.1. The van der Waals surface area contributed by atoms with E-state index in [1.165, 1.54) is 0 Å². The van der Waals surface area contributed by atoms with Gasteiger partial charge in [0.05, 0.1) is 10.7 Å². The van der Waals surface area contributed by atoms with Crippen LogP contribution in [0.4, 0.5) is 10.9 Å². The van der Waals surface area contributed by atoms with Crippen molar-refractivity contribution in [3.63, 3.8) is 0 Å². The van der Waals surface area contributed by atoms with Crippen LogP contribution in [0, 0.1) is 0 Å². The predicted octanol–water partition coefficient (Wildman–Crippen LogP) is 5.28. The molecule has 0 spiro atoms. The zero-order chi connectivity index (χ0) is 15.9. The molecule has 0 saturated heterocycles. The second kappa shape index (κ2) is 8.34. The topological polar surface area (TPSA) is 49.8 Å². The van der Waals surface area contributed by atoms with Crippen LogP contribution in [0.1, 0.15) is 39.5 Å². The molecule has 0 amide bonds. The zero-order valence-electron chi connectivity index (χ0n) is 13.3. The van der Waals surface area contributed by atoms with E-state index < -0.39 is 0 Å². The van der Waals surface area contributed by atoms with Crippen LogP contribution in [0.25, 0.3) is 11.3 Å². The summed E-state index contributed by atoms with van der Waals surface area (Å²) in [6, 6.07) is 2.45. The molecule has 0 aromatic carbocycles. The molecule has 120 valence electrons. The highest BCUT2D eigenvalue weighted by atomic mass is 35.5. The van der Waals surface area contributed by atoms with Gasteiger partial charge in [-0.25, -0.2) is 9.97 Å². The maximum atomic E-state index is 6.30. The van der Waals surface area contributed by atoms with Crippen LogP contribution in [0.3, 0.4) is 0 Å². The number of pyridine rings is 1. The van der Waals surface area contributed by atoms with Crippen molar-refractivity contribution in [3.8, 4) is 11.3 Å². The van der Waals surface area contributed by atoms with E-state index in [1.54, 1.807) is 17.5 Å². The number of aromatic nitrogens is 2. The van der Waals surface area contributed by atoms with Crippen molar-refractivity contribution >= 4 is 33.9 Å². The van der Waals surface area contributed by atoms with E-state index >= 15 is 0 Å². The first-order valence-corrected chi connectivity index (χ1v) is 8.99. The third kappa shape index (κ3) is 4.34. The third-order valence-corrected chi connectivity index (χ3v) is 4.64. The molecule has 0 aliphatic rings. The third-order valence-electron chi connectivity index (χ3n) is 3.48. The molecule has 4 nitrogen and oxygen atoms in total. The average Bonchev–Trinajstić information content (AvgIpc) is 2.98. The van der Waals surface area contributed by atoms with E-state index in [4.69, 9.17) is 11.6 Å². The Morgan fingerprint density at radius 1 is 1.27 bits per heavy atom. The molecule has 0 bridgehead atoms. The van der Waals surface area contributed by atoms with Gasteiger partial charge < -0.3 is 10.6 Å². The lowest BCUT2D eigenvalue weighted by atomic mass is 10.1. The van der Waals surface area contributed by atoms with Gasteiger partial charge in [0.2, 0.25) is 0 Å². The van der Waals surface area contributed by atoms with Crippen molar-refractivity contribution in [2.75, 3.05) is 17.7 Å². The van der Waals surface area contributed by atoms with Gasteiger partial charge in [-0.15, -0.1) is 11.3 Å². The van der Waals surface area contributed by atoms with Crippen LogP contribution in [-0.2, 0) is 0 Å². The molecule has 2 aromatic rings. The quantitative estimate of drug-likeness (QED) is 0.687. The van der Waals surface area contributed by atoms with Gasteiger partial charge in [0.25, 0.3) is 0 Å². The Morgan fingerprint density at radius 2 is 2.00 bits per heavy atom. The summed E-state index contributed by atoms with van der Waals surface area (Å²) in [6.07, 6.45) is 6.32. The van der Waals surface area contributed by atoms with Gasteiger partial charge in [0.15, 0.2) is 5.13 Å². The van der Waals surface area contributed by atoms with E-state index in [0.29, 0.717) is 11.1 Å². The van der Waals surface area contributed by atoms with Crippen molar-refractivity contribution in [3.05, 3.63) is 22.7 Å². The van der Waals surface area contributed by atoms with Crippen LogP contribution < -0.4 is 10.6 Å². The molecule has 0 unspecified atom stereocenters. The first-order chi connectivity index (χ1) is 10.7. The van der Waals surface area contributed by atoms with Gasteiger partial charge in [-0.2, -0.15) is 0 Å². The molecule has 2 heterocycles. The molecule has 2 aromatic heterocycles. The lowest BCUT2D eigenvalue weighted by Gasteiger charge is -2.18. The maximum absolute atomic E-state index is 6.30. The smallest absolute Gasteiger partial charge is 0.182 e. The monoisotopic (exact) mass is 338 g/mol. The van der Waals surface area contributed by atoms with Gasteiger partial charge in [0, 0.05) is 30.2 Å². The Hall–Kier alpha value is -1.33. The Kier molecular flexibility index (Phi) is 6.46. The fourth-order valence-electron chi connectivity index (χ4n) is 2.42. The molecular weight excluding hydrogens is 316 g/mol. The van der Waals surface area contributed by atoms with E-state index in [2.05, 4.69) is 34.4 Å². The fraction of sp³-hybridized carbons (Fsp3) is 0.500. The molecule has 0 aliphatic carbocycles. The van der Waals surface area contributed by atoms with E-state index in [-0.39, 0.29) is 0 Å². The molecule has 22 heavy (non-hydrogen) atoms. The Morgan fingerprint density at radius 3 is 2.59 bits per heavy atom. The zero-order valence-corrected chi connectivity index (χ0v) is 14.9. The second-order valence-electron chi connectivity index (χ2n) is 5.26. The molecule has 6 heteroatoms. The van der Waals surface area contributed by atoms with Crippen LogP contribution in [0.2, 0.25) is 5.02 Å². The minimum atomic E-state index is 0.458. The standard InChI is InChI=1S/C16H23ClN4S/c1-4-6-11(7-5-2)20-15-8-12(13(17)9-19-15)14-10-22-16(18-3)21-14/h8-11H,4-7H2,1-3H3,(H,18,21)(H,19,20). The summed E-state index contributed by atoms with van der Waals surface area (Å²) >= 11 is 7.86. The van der Waals surface area contributed by atoms with Crippen LogP contribution in [0.15, 0.2) is 17.6 Å². The van der Waals surface area contributed by atoms with Gasteiger partial charge >= 0.3 is 0 Å². The van der Waals surface area contributed by atoms with E-state index in [1.807, 2.05) is 18.5 Å². The lowest BCUT2D eigenvalue weighted by Crippen LogP contribution is -2.19. The Balaban J connectivity index is 2.22. The summed E-state index contributed by atoms with van der Waals surface area (Å²) in [5.41, 5.74) is 1.80. The first-order valence-electron chi connectivity index (χ1n) is 7.73. The van der Waals surface area contributed by atoms with Crippen molar-refractivity contribution < 1.29 is 0 Å². The van der Waals surface area contributed by atoms with Crippen LogP contribution >= 0.6 is 22.9 Å². The van der Waals surface area contributed by atoms with Crippen molar-refractivity contribution in [2.24, 2.45) is 0 Å². The van der Waals surface area contributed by atoms with Crippen molar-refractivity contribution in [1.82, 2.24) is 9.97 Å². The summed E-state index contributed by atoms with van der Waals surface area (Å²) in [4.78, 5) is 8.93. The minimum absolute atomic E-state index is 0.458. The highest BCUT2D eigenvalue weighted by molar-refractivity contribution is 7.14. The van der Waals surface area contributed by atoms with Gasteiger partial charge in [-0.1, -0.05) is 38.3 Å². The minimum Gasteiger partial charge on any atom is -0.367 e. The molecule has 0 aliphatic heterocycles. The largest absolute Gasteiger partial charge is 0.367 e. The number of anilines is 2. The number of rotatable bonds is 8. The van der Waals surface area contributed by atoms with Gasteiger partial charge in [0.1, 0.15) is 5.82 Å². The fourth-order valence-corrected chi connectivity index (χ4v) is 3.29. The second-order valence-corrected chi connectivity index (χ2v) is 6.52. The van der Waals surface area contributed by atoms with Crippen LogP contribution in [-0.4, -0.2) is 23.1 Å². The molecule has 2 N–H and O–H groups in total. The number of nitrogens with zero attached hydrogens (tertiary/aromatic N) is 2. The molecule has 2 rings (SSSR count). The maximum Gasteiger partial charge on any atom is 0.182 e. The summed E-state index contributed by atoms with van der Waals surface area (Å²) in [5.74, 6) is 0.866. The number of halogens is 1. The lowest BCUT2D eigenvalue weighted by molar-refractivity contribution is 0.584. The highest BCUT2D eigenvalue weighted by Crippen LogP contribution is 2.31. The highest BCUT2D eigenvalue weighted by Gasteiger charge is 2.12.